The second-order valence-corrected chi connectivity index (χ2v) is 2.39. The Morgan fingerprint density at radius 1 is 1.73 bits per heavy atom. The summed E-state index contributed by atoms with van der Waals surface area (Å²) in [6, 6.07) is 1.56. The molecule has 0 radical (unpaired) electrons. The summed E-state index contributed by atoms with van der Waals surface area (Å²) >= 11 is 5.68. The first-order valence-electron chi connectivity index (χ1n) is 3.08. The Balaban J connectivity index is 3.03. The summed E-state index contributed by atoms with van der Waals surface area (Å²) in [6.45, 7) is -0.0363. The van der Waals surface area contributed by atoms with Crippen LogP contribution in [0.15, 0.2) is 18.5 Å². The third kappa shape index (κ3) is 1.76. The number of nitrogens with two attached hydrogens (primary N) is 1. The Morgan fingerprint density at radius 3 is 3.00 bits per heavy atom. The van der Waals surface area contributed by atoms with E-state index in [1.807, 2.05) is 0 Å². The van der Waals surface area contributed by atoms with Crippen molar-refractivity contribution in [1.82, 2.24) is 4.98 Å². The van der Waals surface area contributed by atoms with Crippen molar-refractivity contribution in [2.45, 2.75) is 0 Å². The molecule has 0 unspecified atom stereocenters. The zero-order valence-electron chi connectivity index (χ0n) is 5.75. The van der Waals surface area contributed by atoms with E-state index in [0.29, 0.717) is 10.6 Å². The monoisotopic (exact) mass is 170 g/mol. The second-order valence-electron chi connectivity index (χ2n) is 1.98. The molecule has 0 bridgehead atoms. The van der Waals surface area contributed by atoms with Gasteiger partial charge in [-0.3, -0.25) is 9.78 Å². The number of hydrogen-bond donors (Lipinski definition) is 1. The van der Waals surface area contributed by atoms with Crippen molar-refractivity contribution >= 4 is 17.4 Å². The van der Waals surface area contributed by atoms with Gasteiger partial charge in [-0.2, -0.15) is 0 Å². The Bertz CT molecular complexity index is 275. The molecule has 2 N–H and O–H groups in total. The third-order valence-corrected chi connectivity index (χ3v) is 1.58. The number of ketones is 1. The molecule has 0 atom stereocenters. The minimum absolute atomic E-state index is 0.0363. The number of rotatable bonds is 2. The molecular formula is C7H7ClN2O. The maximum absolute atomic E-state index is 11.0. The number of pyridine rings is 1. The van der Waals surface area contributed by atoms with Crippen LogP contribution in [0.5, 0.6) is 0 Å². The van der Waals surface area contributed by atoms with E-state index in [1.54, 1.807) is 6.07 Å². The van der Waals surface area contributed by atoms with E-state index in [-0.39, 0.29) is 12.3 Å². The zero-order chi connectivity index (χ0) is 8.27. The minimum atomic E-state index is -0.192. The highest BCUT2D eigenvalue weighted by molar-refractivity contribution is 6.33. The van der Waals surface area contributed by atoms with Gasteiger partial charge in [-0.25, -0.2) is 0 Å². The van der Waals surface area contributed by atoms with Gasteiger partial charge >= 0.3 is 0 Å². The van der Waals surface area contributed by atoms with Crippen molar-refractivity contribution in [1.29, 1.82) is 0 Å². The topological polar surface area (TPSA) is 56.0 Å². The zero-order valence-corrected chi connectivity index (χ0v) is 6.51. The van der Waals surface area contributed by atoms with Crippen LogP contribution in [0.25, 0.3) is 0 Å². The number of nitrogens with zero attached hydrogens (tertiary/aromatic N) is 1. The van der Waals surface area contributed by atoms with E-state index in [2.05, 4.69) is 4.98 Å². The van der Waals surface area contributed by atoms with E-state index in [1.165, 1.54) is 12.4 Å². The molecule has 0 aliphatic rings. The fourth-order valence-corrected chi connectivity index (χ4v) is 0.903. The molecule has 4 heteroatoms. The highest BCUT2D eigenvalue weighted by Crippen LogP contribution is 2.12. The SMILES string of the molecule is NCC(=O)c1cnccc1Cl. The second kappa shape index (κ2) is 3.46. The predicted molar refractivity (Wildman–Crippen MR) is 42.6 cm³/mol. The number of hydrogen-bond acceptors (Lipinski definition) is 3. The van der Waals surface area contributed by atoms with Crippen LogP contribution in [0.1, 0.15) is 10.4 Å². The molecule has 0 saturated carbocycles. The average Bonchev–Trinajstić information content (AvgIpc) is 2.04. The first-order valence-corrected chi connectivity index (χ1v) is 3.46. The Labute approximate surface area is 69.2 Å². The summed E-state index contributed by atoms with van der Waals surface area (Å²) in [5, 5.41) is 0.399. The van der Waals surface area contributed by atoms with Gasteiger partial charge in [-0.1, -0.05) is 11.6 Å². The molecule has 1 heterocycles. The van der Waals surface area contributed by atoms with Gasteiger partial charge in [0.05, 0.1) is 17.1 Å². The third-order valence-electron chi connectivity index (χ3n) is 1.25. The lowest BCUT2D eigenvalue weighted by atomic mass is 10.2. The van der Waals surface area contributed by atoms with Crippen molar-refractivity contribution in [2.24, 2.45) is 5.73 Å². The molecule has 0 saturated heterocycles. The van der Waals surface area contributed by atoms with Gasteiger partial charge in [0.15, 0.2) is 5.78 Å². The van der Waals surface area contributed by atoms with Crippen molar-refractivity contribution in [3.05, 3.63) is 29.0 Å². The van der Waals surface area contributed by atoms with Gasteiger partial charge < -0.3 is 5.73 Å². The first kappa shape index (κ1) is 8.17. The number of halogens is 1. The molecule has 0 spiro atoms. The molecule has 1 aromatic heterocycles. The fraction of sp³-hybridized carbons (Fsp3) is 0.143. The standard InChI is InChI=1S/C7H7ClN2O/c8-6-1-2-10-4-5(6)7(11)3-9/h1-2,4H,3,9H2. The van der Waals surface area contributed by atoms with Crippen molar-refractivity contribution in [2.75, 3.05) is 6.54 Å². The van der Waals surface area contributed by atoms with Crippen molar-refractivity contribution < 1.29 is 4.79 Å². The molecule has 11 heavy (non-hydrogen) atoms. The van der Waals surface area contributed by atoms with E-state index in [0.717, 1.165) is 0 Å². The number of aromatic nitrogens is 1. The molecule has 0 aromatic carbocycles. The molecule has 0 amide bonds. The number of carbonyl (C=O) groups excluding carboxylic acids is 1. The quantitative estimate of drug-likeness (QED) is 0.671. The summed E-state index contributed by atoms with van der Waals surface area (Å²) in [5.74, 6) is -0.192. The predicted octanol–water partition coefficient (Wildman–Crippen LogP) is 0.876. The van der Waals surface area contributed by atoms with Gasteiger partial charge in [-0.05, 0) is 6.07 Å². The molecule has 0 aliphatic carbocycles. The van der Waals surface area contributed by atoms with Gasteiger partial charge in [0.2, 0.25) is 0 Å². The minimum Gasteiger partial charge on any atom is -0.324 e. The first-order chi connectivity index (χ1) is 5.25. The van der Waals surface area contributed by atoms with E-state index >= 15 is 0 Å². The van der Waals surface area contributed by atoms with Crippen LogP contribution in [-0.4, -0.2) is 17.3 Å². The Kier molecular flexibility index (Phi) is 2.57. The van der Waals surface area contributed by atoms with Gasteiger partial charge in [-0.15, -0.1) is 0 Å². The summed E-state index contributed by atoms with van der Waals surface area (Å²) in [6.07, 6.45) is 2.94. The van der Waals surface area contributed by atoms with Gasteiger partial charge in [0.1, 0.15) is 0 Å². The molecular weight excluding hydrogens is 164 g/mol. The maximum Gasteiger partial charge on any atom is 0.179 e. The van der Waals surface area contributed by atoms with Crippen LogP contribution >= 0.6 is 11.6 Å². The van der Waals surface area contributed by atoms with Crippen LogP contribution in [0.2, 0.25) is 5.02 Å². The molecule has 0 fully saturated rings. The van der Waals surface area contributed by atoms with Crippen LogP contribution in [-0.2, 0) is 0 Å². The van der Waals surface area contributed by atoms with E-state index < -0.39 is 0 Å². The summed E-state index contributed by atoms with van der Waals surface area (Å²) < 4.78 is 0. The fourth-order valence-electron chi connectivity index (χ4n) is 0.693. The molecule has 58 valence electrons. The number of Topliss-reactive ketones (excluding diaryl/α,β-unsaturated/α-hetero) is 1. The molecule has 1 rings (SSSR count). The summed E-state index contributed by atoms with van der Waals surface area (Å²) in [4.78, 5) is 14.7. The summed E-state index contributed by atoms with van der Waals surface area (Å²) in [7, 11) is 0. The van der Waals surface area contributed by atoms with Crippen LogP contribution in [0, 0.1) is 0 Å². The number of carbonyl (C=O) groups is 1. The van der Waals surface area contributed by atoms with Gasteiger partial charge in [0.25, 0.3) is 0 Å². The van der Waals surface area contributed by atoms with Crippen molar-refractivity contribution in [3.63, 3.8) is 0 Å². The largest absolute Gasteiger partial charge is 0.324 e. The lowest BCUT2D eigenvalue weighted by Crippen LogP contribution is -2.14. The van der Waals surface area contributed by atoms with E-state index in [4.69, 9.17) is 17.3 Å². The molecule has 1 aromatic rings. The Hall–Kier alpha value is -0.930. The molecule has 3 nitrogen and oxygen atoms in total. The van der Waals surface area contributed by atoms with Crippen LogP contribution < -0.4 is 5.73 Å². The van der Waals surface area contributed by atoms with Crippen molar-refractivity contribution in [3.8, 4) is 0 Å². The smallest absolute Gasteiger partial charge is 0.179 e. The lowest BCUT2D eigenvalue weighted by molar-refractivity contribution is 0.100. The normalized spacial score (nSPS) is 9.64. The Morgan fingerprint density at radius 2 is 2.45 bits per heavy atom. The van der Waals surface area contributed by atoms with Crippen LogP contribution in [0.3, 0.4) is 0 Å². The van der Waals surface area contributed by atoms with Gasteiger partial charge in [0, 0.05) is 12.4 Å². The maximum atomic E-state index is 11.0. The highest BCUT2D eigenvalue weighted by Gasteiger charge is 2.06. The summed E-state index contributed by atoms with van der Waals surface area (Å²) in [5.41, 5.74) is 5.52. The lowest BCUT2D eigenvalue weighted by Gasteiger charge is -1.97. The molecule has 0 aliphatic heterocycles. The average molecular weight is 171 g/mol. The van der Waals surface area contributed by atoms with E-state index in [9.17, 15) is 4.79 Å². The highest BCUT2D eigenvalue weighted by atomic mass is 35.5. The van der Waals surface area contributed by atoms with Crippen LogP contribution in [0.4, 0.5) is 0 Å².